The lowest BCUT2D eigenvalue weighted by molar-refractivity contribution is -0.141. The molecule has 0 saturated carbocycles. The number of thiol groups is 1. The molecule has 0 fully saturated rings. The maximum atomic E-state index is 10.9. The van der Waals surface area contributed by atoms with Crippen LogP contribution in [0.1, 0.15) is 0 Å². The average molecular weight is 189 g/mol. The van der Waals surface area contributed by atoms with E-state index >= 15 is 0 Å². The topological polar surface area (TPSA) is 80.5 Å². The predicted molar refractivity (Wildman–Crippen MR) is 45.3 cm³/mol. The van der Waals surface area contributed by atoms with Crippen LogP contribution in [0.4, 0.5) is 0 Å². The van der Waals surface area contributed by atoms with Gasteiger partial charge in [0.2, 0.25) is 18.1 Å². The summed E-state index contributed by atoms with van der Waals surface area (Å²) in [5, 5.41) is 0. The van der Waals surface area contributed by atoms with Crippen LogP contribution >= 0.6 is 12.6 Å². The van der Waals surface area contributed by atoms with Crippen molar-refractivity contribution in [3.8, 4) is 0 Å². The van der Waals surface area contributed by atoms with Crippen molar-refractivity contribution in [2.45, 2.75) is 0 Å². The van der Waals surface area contributed by atoms with E-state index in [9.17, 15) is 14.4 Å². The summed E-state index contributed by atoms with van der Waals surface area (Å²) in [6.45, 7) is -0.684. The Kier molecular flexibility index (Phi) is 5.31. The standard InChI is InChI=1S/C6H9N2O3S/c7-3-5(10)8(1-2-9)6(11)4-12/h12H,1,3-4,7H2. The van der Waals surface area contributed by atoms with Crippen molar-refractivity contribution in [1.29, 1.82) is 0 Å². The summed E-state index contributed by atoms with van der Waals surface area (Å²) in [6, 6.07) is 0. The minimum Gasteiger partial charge on any atom is -0.322 e. The van der Waals surface area contributed by atoms with Crippen LogP contribution in [0.25, 0.3) is 0 Å². The Balaban J connectivity index is 4.31. The highest BCUT2D eigenvalue weighted by Crippen LogP contribution is 1.91. The molecule has 6 heteroatoms. The zero-order valence-electron chi connectivity index (χ0n) is 6.32. The molecule has 0 aliphatic heterocycles. The molecule has 67 valence electrons. The maximum Gasteiger partial charge on any atom is 0.243 e. The fourth-order valence-corrected chi connectivity index (χ4v) is 0.746. The van der Waals surface area contributed by atoms with Crippen LogP contribution in [0.15, 0.2) is 0 Å². The Bertz CT molecular complexity index is 179. The van der Waals surface area contributed by atoms with E-state index < -0.39 is 11.8 Å². The Hall–Kier alpha value is -0.880. The lowest BCUT2D eigenvalue weighted by Gasteiger charge is -2.15. The van der Waals surface area contributed by atoms with E-state index in [0.29, 0.717) is 0 Å². The molecule has 0 spiro atoms. The molecular formula is C6H9N2O3S. The summed E-state index contributed by atoms with van der Waals surface area (Å²) in [6.07, 6.45) is 1.44. The summed E-state index contributed by atoms with van der Waals surface area (Å²) in [4.78, 5) is 32.4. The second-order valence-electron chi connectivity index (χ2n) is 1.88. The molecule has 0 heterocycles. The average Bonchev–Trinajstić information content (AvgIpc) is 2.11. The van der Waals surface area contributed by atoms with Crippen LogP contribution in [0.2, 0.25) is 0 Å². The van der Waals surface area contributed by atoms with Crippen LogP contribution < -0.4 is 5.73 Å². The third kappa shape index (κ3) is 3.02. The Morgan fingerprint density at radius 2 is 2.00 bits per heavy atom. The molecule has 0 aromatic heterocycles. The van der Waals surface area contributed by atoms with Crippen LogP contribution in [0, 0.1) is 0 Å². The highest BCUT2D eigenvalue weighted by atomic mass is 32.1. The first-order valence-corrected chi connectivity index (χ1v) is 3.79. The second-order valence-corrected chi connectivity index (χ2v) is 2.20. The molecule has 0 aliphatic carbocycles. The predicted octanol–water partition coefficient (Wildman–Crippen LogP) is -1.66. The molecule has 0 saturated heterocycles. The third-order valence-electron chi connectivity index (χ3n) is 1.13. The smallest absolute Gasteiger partial charge is 0.243 e. The van der Waals surface area contributed by atoms with Crippen LogP contribution in [-0.4, -0.2) is 41.8 Å². The molecule has 0 aromatic carbocycles. The number of carbonyl (C=O) groups excluding carboxylic acids is 3. The number of imide groups is 1. The van der Waals surface area contributed by atoms with Crippen LogP contribution in [-0.2, 0) is 14.4 Å². The molecule has 0 rings (SSSR count). The van der Waals surface area contributed by atoms with Gasteiger partial charge in [-0.15, -0.1) is 0 Å². The van der Waals surface area contributed by atoms with Gasteiger partial charge in [-0.05, 0) is 0 Å². The number of nitrogens with zero attached hydrogens (tertiary/aromatic N) is 1. The number of nitrogens with two attached hydrogens (primary N) is 1. The van der Waals surface area contributed by atoms with Crippen LogP contribution in [0.5, 0.6) is 0 Å². The lowest BCUT2D eigenvalue weighted by atomic mass is 10.4. The summed E-state index contributed by atoms with van der Waals surface area (Å²) < 4.78 is 0. The Labute approximate surface area is 75.3 Å². The van der Waals surface area contributed by atoms with E-state index in [1.54, 1.807) is 0 Å². The number of amides is 2. The van der Waals surface area contributed by atoms with Crippen LogP contribution in [0.3, 0.4) is 0 Å². The van der Waals surface area contributed by atoms with E-state index in [4.69, 9.17) is 5.73 Å². The van der Waals surface area contributed by atoms with Gasteiger partial charge in [0.1, 0.15) is 0 Å². The van der Waals surface area contributed by atoms with Crippen molar-refractivity contribution in [2.75, 3.05) is 18.8 Å². The zero-order valence-corrected chi connectivity index (χ0v) is 7.21. The summed E-state index contributed by atoms with van der Waals surface area (Å²) in [5.74, 6) is -1.28. The van der Waals surface area contributed by atoms with Crippen molar-refractivity contribution in [3.63, 3.8) is 0 Å². The maximum absolute atomic E-state index is 10.9. The first kappa shape index (κ1) is 11.1. The molecule has 12 heavy (non-hydrogen) atoms. The van der Waals surface area contributed by atoms with Gasteiger partial charge >= 0.3 is 0 Å². The Morgan fingerprint density at radius 3 is 2.33 bits per heavy atom. The minimum absolute atomic E-state index is 0.132. The van der Waals surface area contributed by atoms with Gasteiger partial charge in [0, 0.05) is 0 Å². The van der Waals surface area contributed by atoms with Crippen molar-refractivity contribution >= 4 is 30.7 Å². The number of hydrogen-bond acceptors (Lipinski definition) is 5. The van der Waals surface area contributed by atoms with Gasteiger partial charge in [0.15, 0.2) is 0 Å². The summed E-state index contributed by atoms with van der Waals surface area (Å²) in [5.41, 5.74) is 5.00. The molecule has 0 atom stereocenters. The number of carbonyl (C=O) groups is 2. The van der Waals surface area contributed by atoms with Crippen molar-refractivity contribution in [2.24, 2.45) is 5.73 Å². The molecule has 0 bridgehead atoms. The van der Waals surface area contributed by atoms with Crippen molar-refractivity contribution < 1.29 is 14.4 Å². The molecule has 0 aliphatic rings. The molecule has 2 N–H and O–H groups in total. The number of rotatable bonds is 4. The van der Waals surface area contributed by atoms with E-state index in [1.807, 2.05) is 0 Å². The third-order valence-corrected chi connectivity index (χ3v) is 1.41. The molecular weight excluding hydrogens is 180 g/mol. The zero-order chi connectivity index (χ0) is 9.56. The highest BCUT2D eigenvalue weighted by Gasteiger charge is 2.17. The molecule has 5 nitrogen and oxygen atoms in total. The first-order valence-electron chi connectivity index (χ1n) is 3.16. The van der Waals surface area contributed by atoms with E-state index in [0.717, 1.165) is 4.90 Å². The van der Waals surface area contributed by atoms with Gasteiger partial charge in [0.05, 0.1) is 18.8 Å². The monoisotopic (exact) mass is 189 g/mol. The fraction of sp³-hybridized carbons (Fsp3) is 0.500. The van der Waals surface area contributed by atoms with Gasteiger partial charge < -0.3 is 5.73 Å². The van der Waals surface area contributed by atoms with Gasteiger partial charge in [-0.1, -0.05) is 0 Å². The van der Waals surface area contributed by atoms with Gasteiger partial charge in [-0.3, -0.25) is 19.3 Å². The quantitative estimate of drug-likeness (QED) is 0.519. The molecule has 1 radical (unpaired) electrons. The van der Waals surface area contributed by atoms with Crippen molar-refractivity contribution in [1.82, 2.24) is 4.90 Å². The molecule has 2 amide bonds. The highest BCUT2D eigenvalue weighted by molar-refractivity contribution is 7.81. The summed E-state index contributed by atoms with van der Waals surface area (Å²) >= 11 is 3.67. The van der Waals surface area contributed by atoms with E-state index in [2.05, 4.69) is 12.6 Å². The largest absolute Gasteiger partial charge is 0.322 e. The van der Waals surface area contributed by atoms with Crippen molar-refractivity contribution in [3.05, 3.63) is 0 Å². The van der Waals surface area contributed by atoms with E-state index in [1.165, 1.54) is 6.29 Å². The molecule has 0 aromatic rings. The second kappa shape index (κ2) is 5.73. The van der Waals surface area contributed by atoms with Gasteiger partial charge in [-0.2, -0.15) is 12.6 Å². The number of hydrogen-bond donors (Lipinski definition) is 2. The normalized spacial score (nSPS) is 9.17. The first-order chi connectivity index (χ1) is 5.67. The molecule has 0 unspecified atom stereocenters. The SMILES string of the molecule is NCC(=O)N(C[C]=O)C(=O)CS. The lowest BCUT2D eigenvalue weighted by Crippen LogP contribution is -2.42. The van der Waals surface area contributed by atoms with Gasteiger partial charge in [0.25, 0.3) is 0 Å². The Morgan fingerprint density at radius 1 is 1.42 bits per heavy atom. The fourth-order valence-electron chi connectivity index (χ4n) is 0.576. The van der Waals surface area contributed by atoms with E-state index in [-0.39, 0.29) is 18.8 Å². The summed E-state index contributed by atoms with van der Waals surface area (Å²) in [7, 11) is 0. The minimum atomic E-state index is -0.600. The van der Waals surface area contributed by atoms with Gasteiger partial charge in [-0.25, -0.2) is 0 Å².